The van der Waals surface area contributed by atoms with E-state index in [1.807, 2.05) is 26.0 Å². The van der Waals surface area contributed by atoms with E-state index in [2.05, 4.69) is 5.32 Å². The van der Waals surface area contributed by atoms with Crippen LogP contribution in [0.1, 0.15) is 20.3 Å². The molecule has 0 saturated heterocycles. The van der Waals surface area contributed by atoms with Crippen molar-refractivity contribution in [3.05, 3.63) is 24.3 Å². The van der Waals surface area contributed by atoms with Gasteiger partial charge in [-0.1, -0.05) is 32.4 Å². The van der Waals surface area contributed by atoms with Crippen molar-refractivity contribution in [1.82, 2.24) is 0 Å². The number of para-hydroxylation sites is 2. The highest BCUT2D eigenvalue weighted by Crippen LogP contribution is 2.34. The minimum absolute atomic E-state index is 0.0471. The predicted molar refractivity (Wildman–Crippen MR) is 70.4 cm³/mol. The molecule has 2 atom stereocenters. The lowest BCUT2D eigenvalue weighted by Gasteiger charge is -2.38. The van der Waals surface area contributed by atoms with Crippen molar-refractivity contribution < 1.29 is 9.59 Å². The van der Waals surface area contributed by atoms with Crippen LogP contribution in [0.5, 0.6) is 0 Å². The van der Waals surface area contributed by atoms with Crippen LogP contribution >= 0.6 is 0 Å². The van der Waals surface area contributed by atoms with E-state index in [0.717, 1.165) is 6.42 Å². The van der Waals surface area contributed by atoms with Gasteiger partial charge in [-0.15, -0.1) is 0 Å². The SMILES string of the molecule is CC[C@H](C)C1C(=O)Nc2ccccc2N1C(N)=O. The van der Waals surface area contributed by atoms with Gasteiger partial charge in [0.2, 0.25) is 5.91 Å². The highest BCUT2D eigenvalue weighted by Gasteiger charge is 2.38. The molecule has 0 radical (unpaired) electrons. The average molecular weight is 247 g/mol. The summed E-state index contributed by atoms with van der Waals surface area (Å²) in [5.74, 6) is -0.132. The fourth-order valence-electron chi connectivity index (χ4n) is 2.26. The molecule has 3 amide bonds. The van der Waals surface area contributed by atoms with Crippen LogP contribution in [0.25, 0.3) is 0 Å². The third-order valence-electron chi connectivity index (χ3n) is 3.39. The molecule has 1 unspecified atom stereocenters. The van der Waals surface area contributed by atoms with Crippen LogP contribution in [0.15, 0.2) is 24.3 Å². The smallest absolute Gasteiger partial charge is 0.320 e. The molecule has 0 saturated carbocycles. The molecule has 0 aliphatic carbocycles. The fraction of sp³-hybridized carbons (Fsp3) is 0.385. The maximum absolute atomic E-state index is 12.1. The zero-order valence-corrected chi connectivity index (χ0v) is 10.5. The summed E-state index contributed by atoms with van der Waals surface area (Å²) in [5.41, 5.74) is 6.72. The van der Waals surface area contributed by atoms with E-state index in [9.17, 15) is 9.59 Å². The minimum Gasteiger partial charge on any atom is -0.351 e. The first-order valence-corrected chi connectivity index (χ1v) is 6.04. The normalized spacial score (nSPS) is 20.0. The third kappa shape index (κ3) is 1.92. The van der Waals surface area contributed by atoms with Crippen molar-refractivity contribution in [1.29, 1.82) is 0 Å². The number of rotatable bonds is 2. The van der Waals surface area contributed by atoms with Crippen LogP contribution in [-0.2, 0) is 4.79 Å². The van der Waals surface area contributed by atoms with Crippen molar-refractivity contribution in [2.45, 2.75) is 26.3 Å². The largest absolute Gasteiger partial charge is 0.351 e. The van der Waals surface area contributed by atoms with Crippen LogP contribution in [0, 0.1) is 5.92 Å². The Balaban J connectivity index is 2.51. The first-order valence-electron chi connectivity index (χ1n) is 6.04. The zero-order valence-electron chi connectivity index (χ0n) is 10.5. The van der Waals surface area contributed by atoms with Gasteiger partial charge in [-0.3, -0.25) is 9.69 Å². The van der Waals surface area contributed by atoms with Crippen LogP contribution in [0.2, 0.25) is 0 Å². The van der Waals surface area contributed by atoms with Crippen LogP contribution < -0.4 is 16.0 Å². The summed E-state index contributed by atoms with van der Waals surface area (Å²) in [7, 11) is 0. The number of amides is 3. The van der Waals surface area contributed by atoms with Crippen molar-refractivity contribution in [2.24, 2.45) is 11.7 Å². The van der Waals surface area contributed by atoms with Crippen LogP contribution in [0.3, 0.4) is 0 Å². The molecule has 1 aromatic carbocycles. The molecule has 3 N–H and O–H groups in total. The van der Waals surface area contributed by atoms with Gasteiger partial charge in [-0.25, -0.2) is 4.79 Å². The summed E-state index contributed by atoms with van der Waals surface area (Å²) in [6, 6.07) is 6.04. The Kier molecular flexibility index (Phi) is 3.23. The van der Waals surface area contributed by atoms with Gasteiger partial charge in [-0.05, 0) is 18.1 Å². The van der Waals surface area contributed by atoms with Crippen LogP contribution in [-0.4, -0.2) is 18.0 Å². The highest BCUT2D eigenvalue weighted by molar-refractivity contribution is 6.11. The van der Waals surface area contributed by atoms with E-state index in [-0.39, 0.29) is 11.8 Å². The Morgan fingerprint density at radius 1 is 1.50 bits per heavy atom. The molecule has 96 valence electrons. The molecule has 0 bridgehead atoms. The van der Waals surface area contributed by atoms with E-state index in [4.69, 9.17) is 5.73 Å². The third-order valence-corrected chi connectivity index (χ3v) is 3.39. The van der Waals surface area contributed by atoms with Gasteiger partial charge in [0, 0.05) is 0 Å². The Hall–Kier alpha value is -2.04. The molecular formula is C13H17N3O2. The number of anilines is 2. The molecule has 0 fully saturated rings. The van der Waals surface area contributed by atoms with E-state index >= 15 is 0 Å². The number of urea groups is 1. The number of carbonyl (C=O) groups excluding carboxylic acids is 2. The van der Waals surface area contributed by atoms with Gasteiger partial charge >= 0.3 is 6.03 Å². The summed E-state index contributed by atoms with van der Waals surface area (Å²) in [6.45, 7) is 3.92. The average Bonchev–Trinajstić information content (AvgIpc) is 2.35. The van der Waals surface area contributed by atoms with E-state index in [1.165, 1.54) is 4.90 Å². The van der Waals surface area contributed by atoms with Gasteiger partial charge in [0.15, 0.2) is 0 Å². The lowest BCUT2D eigenvalue weighted by molar-refractivity contribution is -0.118. The fourth-order valence-corrected chi connectivity index (χ4v) is 2.26. The highest BCUT2D eigenvalue weighted by atomic mass is 16.2. The lowest BCUT2D eigenvalue weighted by Crippen LogP contribution is -2.55. The summed E-state index contributed by atoms with van der Waals surface area (Å²) < 4.78 is 0. The number of primary amides is 1. The molecule has 18 heavy (non-hydrogen) atoms. The quantitative estimate of drug-likeness (QED) is 0.838. The standard InChI is InChI=1S/C13H17N3O2/c1-3-8(2)11-12(17)15-9-6-4-5-7-10(9)16(11)13(14)18/h4-8,11H,3H2,1-2H3,(H2,14,18)(H,15,17)/t8-,11?/m0/s1. The van der Waals surface area contributed by atoms with E-state index in [1.54, 1.807) is 12.1 Å². The second-order valence-electron chi connectivity index (χ2n) is 4.55. The van der Waals surface area contributed by atoms with Gasteiger partial charge in [0.05, 0.1) is 11.4 Å². The molecule has 0 spiro atoms. The Morgan fingerprint density at radius 3 is 2.78 bits per heavy atom. The van der Waals surface area contributed by atoms with Crippen molar-refractivity contribution in [3.8, 4) is 0 Å². The molecule has 1 aromatic rings. The summed E-state index contributed by atoms with van der Waals surface area (Å²) in [4.78, 5) is 25.2. The van der Waals surface area contributed by atoms with Gasteiger partial charge in [0.1, 0.15) is 6.04 Å². The van der Waals surface area contributed by atoms with Gasteiger partial charge in [-0.2, -0.15) is 0 Å². The van der Waals surface area contributed by atoms with Crippen LogP contribution in [0.4, 0.5) is 16.2 Å². The lowest BCUT2D eigenvalue weighted by atomic mass is 9.94. The maximum Gasteiger partial charge on any atom is 0.320 e. The molecule has 0 aromatic heterocycles. The minimum atomic E-state index is -0.595. The number of nitrogens with one attached hydrogen (secondary N) is 1. The predicted octanol–water partition coefficient (Wildman–Crippen LogP) is 1.94. The summed E-state index contributed by atoms with van der Waals surface area (Å²) >= 11 is 0. The Bertz CT molecular complexity index is 487. The number of hydrogen-bond acceptors (Lipinski definition) is 2. The Labute approximate surface area is 106 Å². The molecule has 1 aliphatic heterocycles. The molecule has 1 aliphatic rings. The second kappa shape index (κ2) is 4.68. The van der Waals surface area contributed by atoms with Crippen molar-refractivity contribution in [3.63, 3.8) is 0 Å². The Morgan fingerprint density at radius 2 is 2.17 bits per heavy atom. The number of nitrogens with two attached hydrogens (primary N) is 1. The first kappa shape index (κ1) is 12.4. The zero-order chi connectivity index (χ0) is 13.3. The topological polar surface area (TPSA) is 75.4 Å². The molecule has 5 nitrogen and oxygen atoms in total. The molecule has 5 heteroatoms. The van der Waals surface area contributed by atoms with Crippen molar-refractivity contribution >= 4 is 23.3 Å². The summed E-state index contributed by atoms with van der Waals surface area (Å²) in [5, 5.41) is 2.82. The van der Waals surface area contributed by atoms with Gasteiger partial charge < -0.3 is 11.1 Å². The number of nitrogens with zero attached hydrogens (tertiary/aromatic N) is 1. The number of carbonyl (C=O) groups is 2. The monoisotopic (exact) mass is 247 g/mol. The molecular weight excluding hydrogens is 230 g/mol. The van der Waals surface area contributed by atoms with Crippen molar-refractivity contribution in [2.75, 3.05) is 10.2 Å². The molecule has 1 heterocycles. The maximum atomic E-state index is 12.1. The number of fused-ring (bicyclic) bond motifs is 1. The number of hydrogen-bond donors (Lipinski definition) is 2. The van der Waals surface area contributed by atoms with E-state index in [0.29, 0.717) is 11.4 Å². The first-order chi connectivity index (χ1) is 8.56. The molecule has 2 rings (SSSR count). The number of benzene rings is 1. The summed E-state index contributed by atoms with van der Waals surface area (Å²) in [6.07, 6.45) is 0.796. The van der Waals surface area contributed by atoms with Gasteiger partial charge in [0.25, 0.3) is 0 Å². The van der Waals surface area contributed by atoms with E-state index < -0.39 is 12.1 Å². The second-order valence-corrected chi connectivity index (χ2v) is 4.55.